The standard InChI is InChI=1S/C72H124O6/c1-4-7-10-13-16-19-22-25-28-30-32-34-36-38-39-41-44-47-50-53-56-59-62-65-71(74)77-68-69(67-76-70(73)64-61-58-55-52-49-46-43-27-24-21-18-15-12-9-6-3)78-72(75)66-63-60-57-54-51-48-45-42-40-37-35-33-31-29-26-23-20-17-14-11-8-5-2/h9,12,18,21-22,25,27,30,32,36,38,43,49,52,58,61,69H,4-8,10-11,13-17,19-20,23-24,26,28-29,31,33-35,37,39-42,44-48,50-51,53-57,59-60,62-68H2,1-3H3/b12-9-,21-18-,25-22-,32-30-,38-36-,43-27-,52-49-,61-58-. The van der Waals surface area contributed by atoms with Crippen molar-refractivity contribution >= 4 is 17.9 Å². The predicted octanol–water partition coefficient (Wildman–Crippen LogP) is 22.8. The van der Waals surface area contributed by atoms with Crippen molar-refractivity contribution in [2.24, 2.45) is 0 Å². The maximum absolute atomic E-state index is 12.9. The largest absolute Gasteiger partial charge is 0.462 e. The summed E-state index contributed by atoms with van der Waals surface area (Å²) >= 11 is 0. The second-order valence-corrected chi connectivity index (χ2v) is 22.0. The van der Waals surface area contributed by atoms with Crippen LogP contribution in [0.25, 0.3) is 0 Å². The quantitative estimate of drug-likeness (QED) is 0.0261. The Morgan fingerprint density at radius 1 is 0.282 bits per heavy atom. The average molecular weight is 1090 g/mol. The molecule has 0 saturated heterocycles. The second kappa shape index (κ2) is 65.8. The van der Waals surface area contributed by atoms with Crippen LogP contribution in [0.4, 0.5) is 0 Å². The molecule has 6 nitrogen and oxygen atoms in total. The number of allylic oxidation sites excluding steroid dienone is 15. The van der Waals surface area contributed by atoms with Gasteiger partial charge in [0.05, 0.1) is 6.42 Å². The van der Waals surface area contributed by atoms with Crippen molar-refractivity contribution in [3.8, 4) is 0 Å². The molecule has 448 valence electrons. The van der Waals surface area contributed by atoms with Gasteiger partial charge in [0.15, 0.2) is 6.10 Å². The van der Waals surface area contributed by atoms with Gasteiger partial charge in [-0.2, -0.15) is 0 Å². The van der Waals surface area contributed by atoms with Crippen molar-refractivity contribution < 1.29 is 28.6 Å². The van der Waals surface area contributed by atoms with Crippen LogP contribution in [0.5, 0.6) is 0 Å². The summed E-state index contributed by atoms with van der Waals surface area (Å²) in [6.45, 7) is 6.46. The van der Waals surface area contributed by atoms with Gasteiger partial charge in [-0.15, -0.1) is 0 Å². The van der Waals surface area contributed by atoms with Crippen molar-refractivity contribution in [3.63, 3.8) is 0 Å². The summed E-state index contributed by atoms with van der Waals surface area (Å²) in [6, 6.07) is 0. The molecule has 0 aliphatic heterocycles. The summed E-state index contributed by atoms with van der Waals surface area (Å²) in [5.41, 5.74) is 0. The molecule has 0 rings (SSSR count). The Labute approximate surface area is 483 Å². The first-order valence-electron chi connectivity index (χ1n) is 33.2. The number of rotatable bonds is 60. The summed E-state index contributed by atoms with van der Waals surface area (Å²) in [5, 5.41) is 0. The number of hydrogen-bond donors (Lipinski definition) is 0. The number of carbonyl (C=O) groups is 3. The summed E-state index contributed by atoms with van der Waals surface area (Å²) in [4.78, 5) is 38.3. The van der Waals surface area contributed by atoms with Gasteiger partial charge in [0.2, 0.25) is 0 Å². The Morgan fingerprint density at radius 3 is 0.897 bits per heavy atom. The SMILES string of the molecule is CC/C=C\C/C=C\C/C=C\C/C=C\C/C=C\CC(=O)OCC(COC(=O)CCCCCCCCCC/C=C\C/C=C\C/C=C\CCCCCCC)OC(=O)CCCCCCCCCCCCCCCCCCCCCCCC. The molecule has 0 aromatic heterocycles. The highest BCUT2D eigenvalue weighted by Gasteiger charge is 2.19. The monoisotopic (exact) mass is 1080 g/mol. The third kappa shape index (κ3) is 63.2. The first-order valence-corrected chi connectivity index (χ1v) is 33.2. The summed E-state index contributed by atoms with van der Waals surface area (Å²) in [5.74, 6) is -1.04. The fourth-order valence-electron chi connectivity index (χ4n) is 9.41. The topological polar surface area (TPSA) is 78.9 Å². The van der Waals surface area contributed by atoms with Crippen molar-refractivity contribution in [1.29, 1.82) is 0 Å². The van der Waals surface area contributed by atoms with Crippen LogP contribution in [0.2, 0.25) is 0 Å². The molecular formula is C72H124O6. The van der Waals surface area contributed by atoms with Gasteiger partial charge in [-0.25, -0.2) is 0 Å². The molecule has 0 spiro atoms. The van der Waals surface area contributed by atoms with Crippen LogP contribution in [-0.4, -0.2) is 37.2 Å². The fourth-order valence-corrected chi connectivity index (χ4v) is 9.41. The predicted molar refractivity (Wildman–Crippen MR) is 339 cm³/mol. The molecule has 0 heterocycles. The lowest BCUT2D eigenvalue weighted by atomic mass is 10.0. The number of esters is 3. The van der Waals surface area contributed by atoms with Gasteiger partial charge in [0.25, 0.3) is 0 Å². The molecule has 1 atom stereocenters. The van der Waals surface area contributed by atoms with Gasteiger partial charge in [-0.05, 0) is 83.5 Å². The Morgan fingerprint density at radius 2 is 0.551 bits per heavy atom. The van der Waals surface area contributed by atoms with Gasteiger partial charge in [0.1, 0.15) is 13.2 Å². The zero-order chi connectivity index (χ0) is 56.4. The lowest BCUT2D eigenvalue weighted by molar-refractivity contribution is -0.166. The van der Waals surface area contributed by atoms with Crippen molar-refractivity contribution in [3.05, 3.63) is 97.2 Å². The molecule has 0 aromatic carbocycles. The smallest absolute Gasteiger partial charge is 0.309 e. The lowest BCUT2D eigenvalue weighted by Crippen LogP contribution is -2.30. The van der Waals surface area contributed by atoms with E-state index in [1.54, 1.807) is 6.08 Å². The lowest BCUT2D eigenvalue weighted by Gasteiger charge is -2.18. The van der Waals surface area contributed by atoms with Crippen LogP contribution < -0.4 is 0 Å². The maximum Gasteiger partial charge on any atom is 0.309 e. The van der Waals surface area contributed by atoms with E-state index in [4.69, 9.17) is 14.2 Å². The molecule has 0 aromatic rings. The van der Waals surface area contributed by atoms with E-state index in [1.165, 1.54) is 193 Å². The molecular weight excluding hydrogens is 961 g/mol. The molecule has 0 fully saturated rings. The van der Waals surface area contributed by atoms with Crippen LogP contribution in [0.3, 0.4) is 0 Å². The summed E-state index contributed by atoms with van der Waals surface area (Å²) in [6.07, 6.45) is 88.8. The number of unbranched alkanes of at least 4 members (excludes halogenated alkanes) is 34. The Kier molecular flexibility index (Phi) is 62.7. The van der Waals surface area contributed by atoms with E-state index in [0.29, 0.717) is 12.8 Å². The van der Waals surface area contributed by atoms with Gasteiger partial charge < -0.3 is 14.2 Å². The van der Waals surface area contributed by atoms with Crippen LogP contribution >= 0.6 is 0 Å². The molecule has 6 heteroatoms. The maximum atomic E-state index is 12.9. The van der Waals surface area contributed by atoms with Gasteiger partial charge in [-0.3, -0.25) is 14.4 Å². The molecule has 0 N–H and O–H groups in total. The highest BCUT2D eigenvalue weighted by atomic mass is 16.6. The minimum atomic E-state index is -0.821. The van der Waals surface area contributed by atoms with Gasteiger partial charge in [-0.1, -0.05) is 317 Å². The van der Waals surface area contributed by atoms with Crippen LogP contribution in [-0.2, 0) is 28.6 Å². The Hall–Kier alpha value is -3.67. The summed E-state index contributed by atoms with van der Waals surface area (Å²) < 4.78 is 16.8. The second-order valence-electron chi connectivity index (χ2n) is 22.0. The van der Waals surface area contributed by atoms with Crippen molar-refractivity contribution in [2.45, 2.75) is 329 Å². The van der Waals surface area contributed by atoms with E-state index in [1.807, 2.05) is 6.08 Å². The average Bonchev–Trinajstić information content (AvgIpc) is 3.44. The minimum Gasteiger partial charge on any atom is -0.462 e. The number of hydrogen-bond acceptors (Lipinski definition) is 6. The number of ether oxygens (including phenoxy) is 3. The van der Waals surface area contributed by atoms with Crippen LogP contribution in [0.15, 0.2) is 97.2 Å². The van der Waals surface area contributed by atoms with Gasteiger partial charge in [0, 0.05) is 12.8 Å². The molecule has 0 aliphatic carbocycles. The Balaban J connectivity index is 4.41. The third-order valence-corrected chi connectivity index (χ3v) is 14.4. The molecule has 78 heavy (non-hydrogen) atoms. The van der Waals surface area contributed by atoms with E-state index < -0.39 is 12.1 Å². The van der Waals surface area contributed by atoms with E-state index in [2.05, 4.69) is 106 Å². The molecule has 0 saturated carbocycles. The molecule has 0 aliphatic rings. The van der Waals surface area contributed by atoms with E-state index >= 15 is 0 Å². The fraction of sp³-hybridized carbons (Fsp3) is 0.736. The van der Waals surface area contributed by atoms with E-state index in [9.17, 15) is 14.4 Å². The van der Waals surface area contributed by atoms with Crippen molar-refractivity contribution in [1.82, 2.24) is 0 Å². The Bertz CT molecular complexity index is 1530. The highest BCUT2D eigenvalue weighted by Crippen LogP contribution is 2.17. The highest BCUT2D eigenvalue weighted by molar-refractivity contribution is 5.72. The third-order valence-electron chi connectivity index (χ3n) is 14.4. The molecule has 0 radical (unpaired) electrons. The molecule has 0 bridgehead atoms. The zero-order valence-electron chi connectivity index (χ0n) is 51.4. The van der Waals surface area contributed by atoms with Crippen molar-refractivity contribution in [2.75, 3.05) is 13.2 Å². The summed E-state index contributed by atoms with van der Waals surface area (Å²) in [7, 11) is 0. The van der Waals surface area contributed by atoms with E-state index in [0.717, 1.165) is 89.9 Å². The van der Waals surface area contributed by atoms with Crippen LogP contribution in [0.1, 0.15) is 323 Å². The first-order chi connectivity index (χ1) is 38.5. The first kappa shape index (κ1) is 74.3. The zero-order valence-corrected chi connectivity index (χ0v) is 51.4. The van der Waals surface area contributed by atoms with E-state index in [-0.39, 0.29) is 31.6 Å². The minimum absolute atomic E-state index is 0.109. The molecule has 0 amide bonds. The molecule has 1 unspecified atom stereocenters. The van der Waals surface area contributed by atoms with Gasteiger partial charge >= 0.3 is 17.9 Å². The van der Waals surface area contributed by atoms with Crippen LogP contribution in [0, 0.1) is 0 Å². The number of carbonyl (C=O) groups excluding carboxylic acids is 3. The normalized spacial score (nSPS) is 12.7.